The average Bonchev–Trinajstić information content (AvgIpc) is 2.72. The Morgan fingerprint density at radius 3 is 3.00 bits per heavy atom. The van der Waals surface area contributed by atoms with Crippen LogP contribution in [0.25, 0.3) is 11.0 Å². The highest BCUT2D eigenvalue weighted by Gasteiger charge is 2.18. The Bertz CT molecular complexity index is 533. The SMILES string of the molecule is CC[C@@H](C)C(=O)c1cc2c(Cl)nccc2o1. The van der Waals surface area contributed by atoms with Crippen LogP contribution in [0, 0.1) is 5.92 Å². The van der Waals surface area contributed by atoms with Crippen molar-refractivity contribution in [2.45, 2.75) is 20.3 Å². The molecule has 0 unspecified atom stereocenters. The standard InChI is InChI=1S/C12H12ClNO2/c1-3-7(2)11(15)10-6-8-9(16-10)4-5-14-12(8)13/h4-7H,3H2,1-2H3/t7-/m1/s1. The van der Waals surface area contributed by atoms with Gasteiger partial charge in [-0.1, -0.05) is 25.4 Å². The minimum Gasteiger partial charge on any atom is -0.453 e. The van der Waals surface area contributed by atoms with E-state index in [4.69, 9.17) is 16.0 Å². The molecule has 84 valence electrons. The average molecular weight is 238 g/mol. The summed E-state index contributed by atoms with van der Waals surface area (Å²) in [5, 5.41) is 1.06. The Kier molecular flexibility index (Phi) is 2.97. The fraction of sp³-hybridized carbons (Fsp3) is 0.333. The van der Waals surface area contributed by atoms with E-state index < -0.39 is 0 Å². The summed E-state index contributed by atoms with van der Waals surface area (Å²) in [6.45, 7) is 3.86. The predicted octanol–water partition coefficient (Wildman–Crippen LogP) is 3.71. The van der Waals surface area contributed by atoms with Gasteiger partial charge in [-0.2, -0.15) is 0 Å². The number of aromatic nitrogens is 1. The summed E-state index contributed by atoms with van der Waals surface area (Å²) < 4.78 is 5.46. The number of carbonyl (C=O) groups is 1. The first-order valence-electron chi connectivity index (χ1n) is 5.21. The van der Waals surface area contributed by atoms with Crippen LogP contribution >= 0.6 is 11.6 Å². The van der Waals surface area contributed by atoms with E-state index >= 15 is 0 Å². The van der Waals surface area contributed by atoms with Gasteiger partial charge in [-0.25, -0.2) is 4.98 Å². The number of hydrogen-bond donors (Lipinski definition) is 0. The van der Waals surface area contributed by atoms with Crippen molar-refractivity contribution in [2.24, 2.45) is 5.92 Å². The molecule has 0 saturated carbocycles. The highest BCUT2D eigenvalue weighted by molar-refractivity contribution is 6.34. The minimum absolute atomic E-state index is 0.00904. The van der Waals surface area contributed by atoms with Gasteiger partial charge in [0, 0.05) is 12.1 Å². The van der Waals surface area contributed by atoms with Crippen molar-refractivity contribution < 1.29 is 9.21 Å². The van der Waals surface area contributed by atoms with Crippen LogP contribution < -0.4 is 0 Å². The largest absolute Gasteiger partial charge is 0.453 e. The van der Waals surface area contributed by atoms with E-state index in [-0.39, 0.29) is 11.7 Å². The highest BCUT2D eigenvalue weighted by atomic mass is 35.5. The zero-order valence-corrected chi connectivity index (χ0v) is 9.91. The van der Waals surface area contributed by atoms with Gasteiger partial charge < -0.3 is 4.42 Å². The Morgan fingerprint density at radius 2 is 2.38 bits per heavy atom. The maximum Gasteiger partial charge on any atom is 0.200 e. The number of nitrogens with zero attached hydrogens (tertiary/aromatic N) is 1. The first-order chi connectivity index (χ1) is 7.63. The summed E-state index contributed by atoms with van der Waals surface area (Å²) >= 11 is 5.91. The normalized spacial score (nSPS) is 12.9. The summed E-state index contributed by atoms with van der Waals surface area (Å²) in [5.41, 5.74) is 0.603. The maximum absolute atomic E-state index is 11.9. The van der Waals surface area contributed by atoms with Gasteiger partial charge in [-0.15, -0.1) is 0 Å². The lowest BCUT2D eigenvalue weighted by Crippen LogP contribution is -2.08. The molecule has 0 aliphatic carbocycles. The number of halogens is 1. The Hall–Kier alpha value is -1.35. The second-order valence-electron chi connectivity index (χ2n) is 3.80. The molecule has 0 bridgehead atoms. The van der Waals surface area contributed by atoms with E-state index in [0.29, 0.717) is 21.9 Å². The van der Waals surface area contributed by atoms with Crippen LogP contribution in [-0.2, 0) is 0 Å². The molecule has 4 heteroatoms. The number of fused-ring (bicyclic) bond motifs is 1. The summed E-state index contributed by atoms with van der Waals surface area (Å²) in [6.07, 6.45) is 2.35. The third-order valence-electron chi connectivity index (χ3n) is 2.70. The molecule has 0 aliphatic heterocycles. The lowest BCUT2D eigenvalue weighted by atomic mass is 10.0. The smallest absolute Gasteiger partial charge is 0.200 e. The molecule has 0 amide bonds. The van der Waals surface area contributed by atoms with Crippen molar-refractivity contribution in [3.05, 3.63) is 29.2 Å². The molecule has 2 rings (SSSR count). The lowest BCUT2D eigenvalue weighted by molar-refractivity contribution is 0.0901. The van der Waals surface area contributed by atoms with Crippen LogP contribution in [-0.4, -0.2) is 10.8 Å². The Morgan fingerprint density at radius 1 is 1.62 bits per heavy atom. The number of carbonyl (C=O) groups excluding carboxylic acids is 1. The zero-order valence-electron chi connectivity index (χ0n) is 9.16. The summed E-state index contributed by atoms with van der Waals surface area (Å²) in [4.78, 5) is 15.8. The molecule has 0 saturated heterocycles. The van der Waals surface area contributed by atoms with Gasteiger partial charge in [0.05, 0.1) is 5.39 Å². The molecule has 2 heterocycles. The van der Waals surface area contributed by atoms with E-state index in [1.807, 2.05) is 13.8 Å². The molecule has 2 aromatic rings. The van der Waals surface area contributed by atoms with Crippen molar-refractivity contribution in [2.75, 3.05) is 0 Å². The fourth-order valence-corrected chi connectivity index (χ4v) is 1.68. The van der Waals surface area contributed by atoms with Gasteiger partial charge in [0.2, 0.25) is 5.78 Å². The molecule has 3 nitrogen and oxygen atoms in total. The second-order valence-corrected chi connectivity index (χ2v) is 4.16. The minimum atomic E-state index is -0.0349. The van der Waals surface area contributed by atoms with Crippen LogP contribution in [0.3, 0.4) is 0 Å². The number of pyridine rings is 1. The van der Waals surface area contributed by atoms with Gasteiger partial charge in [-0.05, 0) is 18.6 Å². The molecule has 16 heavy (non-hydrogen) atoms. The van der Waals surface area contributed by atoms with Crippen molar-refractivity contribution >= 4 is 28.4 Å². The van der Waals surface area contributed by atoms with Crippen LogP contribution in [0.1, 0.15) is 30.8 Å². The predicted molar refractivity (Wildman–Crippen MR) is 62.8 cm³/mol. The third-order valence-corrected chi connectivity index (χ3v) is 3.00. The molecule has 0 fully saturated rings. The quantitative estimate of drug-likeness (QED) is 0.604. The van der Waals surface area contributed by atoms with Gasteiger partial charge in [0.1, 0.15) is 10.7 Å². The number of rotatable bonds is 3. The van der Waals surface area contributed by atoms with Crippen LogP contribution in [0.15, 0.2) is 22.7 Å². The van der Waals surface area contributed by atoms with Crippen molar-refractivity contribution in [1.82, 2.24) is 4.98 Å². The molecule has 0 N–H and O–H groups in total. The van der Waals surface area contributed by atoms with Crippen molar-refractivity contribution in [1.29, 1.82) is 0 Å². The topological polar surface area (TPSA) is 43.1 Å². The van der Waals surface area contributed by atoms with E-state index in [1.165, 1.54) is 0 Å². The number of hydrogen-bond acceptors (Lipinski definition) is 3. The molecular formula is C12H12ClNO2. The maximum atomic E-state index is 11.9. The first-order valence-corrected chi connectivity index (χ1v) is 5.59. The van der Waals surface area contributed by atoms with Gasteiger partial charge in [-0.3, -0.25) is 4.79 Å². The molecule has 0 spiro atoms. The van der Waals surface area contributed by atoms with Crippen LogP contribution in [0.2, 0.25) is 5.15 Å². The van der Waals surface area contributed by atoms with Gasteiger partial charge in [0.25, 0.3) is 0 Å². The van der Waals surface area contributed by atoms with Crippen LogP contribution in [0.4, 0.5) is 0 Å². The van der Waals surface area contributed by atoms with E-state index in [1.54, 1.807) is 18.3 Å². The number of ketones is 1. The Balaban J connectivity index is 2.48. The monoisotopic (exact) mass is 237 g/mol. The molecular weight excluding hydrogens is 226 g/mol. The first kappa shape index (κ1) is 11.1. The number of Topliss-reactive ketones (excluding diaryl/α,β-unsaturated/α-hetero) is 1. The molecule has 0 radical (unpaired) electrons. The fourth-order valence-electron chi connectivity index (χ4n) is 1.48. The Labute approximate surface area is 98.4 Å². The van der Waals surface area contributed by atoms with E-state index in [0.717, 1.165) is 6.42 Å². The molecule has 0 aromatic carbocycles. The molecule has 1 atom stereocenters. The molecule has 0 aliphatic rings. The summed E-state index contributed by atoms with van der Waals surface area (Å²) in [5.74, 6) is 0.335. The van der Waals surface area contributed by atoms with Crippen LogP contribution in [0.5, 0.6) is 0 Å². The second kappa shape index (κ2) is 4.26. The van der Waals surface area contributed by atoms with Gasteiger partial charge >= 0.3 is 0 Å². The zero-order chi connectivity index (χ0) is 11.7. The summed E-state index contributed by atoms with van der Waals surface area (Å²) in [7, 11) is 0. The third kappa shape index (κ3) is 1.83. The van der Waals surface area contributed by atoms with E-state index in [2.05, 4.69) is 4.98 Å². The van der Waals surface area contributed by atoms with Crippen molar-refractivity contribution in [3.8, 4) is 0 Å². The van der Waals surface area contributed by atoms with Crippen molar-refractivity contribution in [3.63, 3.8) is 0 Å². The molecule has 2 aromatic heterocycles. The van der Waals surface area contributed by atoms with Gasteiger partial charge in [0.15, 0.2) is 5.76 Å². The number of furan rings is 1. The highest BCUT2D eigenvalue weighted by Crippen LogP contribution is 2.26. The van der Waals surface area contributed by atoms with E-state index in [9.17, 15) is 4.79 Å². The summed E-state index contributed by atoms with van der Waals surface area (Å²) in [6, 6.07) is 3.37. The lowest BCUT2D eigenvalue weighted by Gasteiger charge is -2.02.